The quantitative estimate of drug-likeness (QED) is 0.412. The highest BCUT2D eigenvalue weighted by Crippen LogP contribution is 2.65. The minimum Gasteiger partial charge on any atom is -0.429 e. The molecule has 5 N–H and O–H groups in total. The lowest BCUT2D eigenvalue weighted by Crippen LogP contribution is -2.74. The molecule has 3 saturated carbocycles. The van der Waals surface area contributed by atoms with E-state index >= 15 is 0 Å². The van der Waals surface area contributed by atoms with Crippen molar-refractivity contribution in [3.63, 3.8) is 0 Å². The molecule has 3 aliphatic rings. The van der Waals surface area contributed by atoms with Crippen LogP contribution in [0.5, 0.6) is 0 Å². The zero-order chi connectivity index (χ0) is 21.8. The van der Waals surface area contributed by atoms with Gasteiger partial charge in [0, 0.05) is 6.20 Å². The second kappa shape index (κ2) is 8.86. The number of aliphatic hydroxyl groups is 2. The highest BCUT2D eigenvalue weighted by molar-refractivity contribution is 7.89. The van der Waals surface area contributed by atoms with Crippen LogP contribution >= 0.6 is 0 Å². The minimum atomic E-state index is -3.45. The summed E-state index contributed by atoms with van der Waals surface area (Å²) in [7, 11) is -2.13. The first-order chi connectivity index (χ1) is 12.8. The number of pyridine rings is 1. The third kappa shape index (κ3) is 4.54. The molecule has 1 heterocycles. The average Bonchev–Trinajstić information content (AvgIpc) is 2.65. The van der Waals surface area contributed by atoms with Crippen LogP contribution in [-0.2, 0) is 10.0 Å². The van der Waals surface area contributed by atoms with E-state index in [0.29, 0.717) is 5.92 Å². The fraction of sp³-hybridized carbons (Fsp3) is 0.647. The molecule has 1 radical (unpaired) electrons. The Labute approximate surface area is 166 Å². The van der Waals surface area contributed by atoms with Gasteiger partial charge in [-0.1, -0.05) is 13.8 Å². The van der Waals surface area contributed by atoms with Crippen molar-refractivity contribution in [3.8, 4) is 6.07 Å². The van der Waals surface area contributed by atoms with Gasteiger partial charge < -0.3 is 20.3 Å². The van der Waals surface area contributed by atoms with Crippen molar-refractivity contribution in [2.24, 2.45) is 11.3 Å². The van der Waals surface area contributed by atoms with Crippen LogP contribution in [0.1, 0.15) is 45.7 Å². The Hall–Kier alpha value is -1.55. The summed E-state index contributed by atoms with van der Waals surface area (Å²) in [6.45, 7) is 5.90. The lowest BCUT2D eigenvalue weighted by Gasteiger charge is -2.68. The molecule has 0 spiro atoms. The van der Waals surface area contributed by atoms with Crippen molar-refractivity contribution in [2.45, 2.75) is 56.1 Å². The Morgan fingerprint density at radius 3 is 2.18 bits per heavy atom. The predicted octanol–water partition coefficient (Wildman–Crippen LogP) is -0.325. The van der Waals surface area contributed by atoms with Gasteiger partial charge in [0.15, 0.2) is 0 Å². The molecule has 155 valence electrons. The molecule has 1 aromatic rings. The molecule has 0 amide bonds. The SMILES string of the molecule is CC1(O)CCC2CC1(O)C2(C)C.CNS(=O)(=O)c1ccc(C#N)nc1.O[B]O. The third-order valence-corrected chi connectivity index (χ3v) is 7.33. The molecule has 2 bridgehead atoms. The van der Waals surface area contributed by atoms with Gasteiger partial charge in [0.05, 0.1) is 11.2 Å². The first kappa shape index (κ1) is 24.5. The lowest BCUT2D eigenvalue weighted by molar-refractivity contribution is -0.312. The van der Waals surface area contributed by atoms with Crippen LogP contribution in [-0.4, -0.2) is 59.6 Å². The maximum atomic E-state index is 11.2. The van der Waals surface area contributed by atoms with Gasteiger partial charge in [0.1, 0.15) is 16.7 Å². The van der Waals surface area contributed by atoms with Crippen molar-refractivity contribution < 1.29 is 28.7 Å². The number of nitrogens with zero attached hydrogens (tertiary/aromatic N) is 2. The highest BCUT2D eigenvalue weighted by atomic mass is 32.2. The number of hydrogen-bond donors (Lipinski definition) is 5. The summed E-state index contributed by atoms with van der Waals surface area (Å²) in [6.07, 6.45) is 3.73. The standard InChI is InChI=1S/C10H18O2.C7H7N3O2S.BH2O2/c1-8(2)7-4-5-9(3,11)10(8,12)6-7;1-9-13(11,12)7-3-2-6(4-8)10-5-7;2-1-3/h7,11-12H,4-6H2,1-3H3;2-3,5,9H,1H3;2-3H. The van der Waals surface area contributed by atoms with Crippen molar-refractivity contribution in [2.75, 3.05) is 7.05 Å². The summed E-state index contributed by atoms with van der Waals surface area (Å²) in [5.41, 5.74) is -1.60. The van der Waals surface area contributed by atoms with Gasteiger partial charge >= 0.3 is 7.69 Å². The number of rotatable bonds is 2. The maximum absolute atomic E-state index is 11.2. The summed E-state index contributed by atoms with van der Waals surface area (Å²) in [5, 5.41) is 42.7. The van der Waals surface area contributed by atoms with E-state index < -0.39 is 21.2 Å². The molecular formula is C17H27BN3O6S. The normalized spacial score (nSPS) is 29.6. The van der Waals surface area contributed by atoms with E-state index in [0.717, 1.165) is 25.5 Å². The van der Waals surface area contributed by atoms with Crippen LogP contribution in [0.3, 0.4) is 0 Å². The molecule has 3 aliphatic carbocycles. The Morgan fingerprint density at radius 2 is 1.86 bits per heavy atom. The molecule has 9 nitrogen and oxygen atoms in total. The van der Waals surface area contributed by atoms with Gasteiger partial charge in [-0.25, -0.2) is 18.1 Å². The monoisotopic (exact) mass is 412 g/mol. The predicted molar refractivity (Wildman–Crippen MR) is 102 cm³/mol. The van der Waals surface area contributed by atoms with Gasteiger partial charge in [-0.05, 0) is 56.7 Å². The Kier molecular flexibility index (Phi) is 7.75. The zero-order valence-corrected chi connectivity index (χ0v) is 17.2. The van der Waals surface area contributed by atoms with Crippen LogP contribution in [0.2, 0.25) is 0 Å². The fourth-order valence-electron chi connectivity index (χ4n) is 3.84. The zero-order valence-electron chi connectivity index (χ0n) is 16.4. The fourth-order valence-corrected chi connectivity index (χ4v) is 4.52. The van der Waals surface area contributed by atoms with Crippen molar-refractivity contribution in [3.05, 3.63) is 24.0 Å². The molecule has 3 atom stereocenters. The van der Waals surface area contributed by atoms with Crippen LogP contribution in [0.15, 0.2) is 23.2 Å². The van der Waals surface area contributed by atoms with Crippen molar-refractivity contribution >= 4 is 17.7 Å². The van der Waals surface area contributed by atoms with Gasteiger partial charge in [-0.3, -0.25) is 0 Å². The minimum absolute atomic E-state index is 0. The number of hydrogen-bond acceptors (Lipinski definition) is 8. The Morgan fingerprint density at radius 1 is 1.29 bits per heavy atom. The molecule has 0 aliphatic heterocycles. The first-order valence-corrected chi connectivity index (χ1v) is 10.2. The van der Waals surface area contributed by atoms with E-state index in [1.54, 1.807) is 13.0 Å². The van der Waals surface area contributed by atoms with Crippen LogP contribution in [0.25, 0.3) is 0 Å². The number of sulfonamides is 1. The van der Waals surface area contributed by atoms with E-state index in [1.165, 1.54) is 19.2 Å². The molecule has 3 unspecified atom stereocenters. The summed E-state index contributed by atoms with van der Waals surface area (Å²) < 4.78 is 24.5. The van der Waals surface area contributed by atoms with Gasteiger partial charge in [0.2, 0.25) is 10.0 Å². The summed E-state index contributed by atoms with van der Waals surface area (Å²) in [4.78, 5) is 3.68. The molecular weight excluding hydrogens is 385 g/mol. The van der Waals surface area contributed by atoms with Gasteiger partial charge in [-0.2, -0.15) is 5.26 Å². The van der Waals surface area contributed by atoms with Crippen molar-refractivity contribution in [1.82, 2.24) is 9.71 Å². The smallest absolute Gasteiger partial charge is 0.429 e. The topological polar surface area (TPSA) is 164 Å². The maximum Gasteiger partial charge on any atom is 0.482 e. The number of fused-ring (bicyclic) bond motifs is 2. The molecule has 28 heavy (non-hydrogen) atoms. The van der Waals surface area contributed by atoms with Gasteiger partial charge in [0.25, 0.3) is 0 Å². The van der Waals surface area contributed by atoms with Crippen LogP contribution in [0, 0.1) is 22.7 Å². The van der Waals surface area contributed by atoms with Crippen LogP contribution < -0.4 is 4.72 Å². The highest BCUT2D eigenvalue weighted by Gasteiger charge is 2.69. The summed E-state index contributed by atoms with van der Waals surface area (Å²) >= 11 is 0. The molecule has 0 aromatic carbocycles. The summed E-state index contributed by atoms with van der Waals surface area (Å²) in [6, 6.07) is 4.48. The Bertz CT molecular complexity index is 797. The molecule has 1 aromatic heterocycles. The molecule has 3 fully saturated rings. The Balaban J connectivity index is 0.000000246. The number of nitrogens with one attached hydrogen (secondary N) is 1. The third-order valence-electron chi connectivity index (χ3n) is 5.93. The second-order valence-corrected chi connectivity index (χ2v) is 9.50. The summed E-state index contributed by atoms with van der Waals surface area (Å²) in [5.74, 6) is 0.614. The van der Waals surface area contributed by atoms with Crippen molar-refractivity contribution in [1.29, 1.82) is 5.26 Å². The average molecular weight is 412 g/mol. The molecule has 4 rings (SSSR count). The van der Waals surface area contributed by atoms with E-state index in [4.69, 9.17) is 15.3 Å². The molecule has 11 heteroatoms. The van der Waals surface area contributed by atoms with E-state index in [9.17, 15) is 18.6 Å². The number of aromatic nitrogens is 1. The second-order valence-electron chi connectivity index (χ2n) is 7.61. The molecule has 0 saturated heterocycles. The lowest BCUT2D eigenvalue weighted by atomic mass is 9.41. The van der Waals surface area contributed by atoms with E-state index in [-0.39, 0.29) is 23.7 Å². The van der Waals surface area contributed by atoms with E-state index in [2.05, 4.69) is 23.6 Å². The van der Waals surface area contributed by atoms with Crippen LogP contribution in [0.4, 0.5) is 0 Å². The number of nitriles is 1. The van der Waals surface area contributed by atoms with Gasteiger partial charge in [-0.15, -0.1) is 0 Å². The van der Waals surface area contributed by atoms with E-state index in [1.807, 2.05) is 0 Å². The largest absolute Gasteiger partial charge is 0.482 e. The first-order valence-electron chi connectivity index (χ1n) is 8.67.